The quantitative estimate of drug-likeness (QED) is 0.822. The van der Waals surface area contributed by atoms with Crippen LogP contribution in [0.2, 0.25) is 0 Å². The van der Waals surface area contributed by atoms with Gasteiger partial charge in [0, 0.05) is 12.1 Å². The van der Waals surface area contributed by atoms with Crippen molar-refractivity contribution in [2.24, 2.45) is 0 Å². The number of fused-ring (bicyclic) bond motifs is 2. The molecule has 2 bridgehead atoms. The molecule has 2 aliphatic rings. The summed E-state index contributed by atoms with van der Waals surface area (Å²) in [6, 6.07) is 9.78. The highest BCUT2D eigenvalue weighted by Gasteiger charge is 2.34. The van der Waals surface area contributed by atoms with Gasteiger partial charge in [0.15, 0.2) is 0 Å². The molecular formula is C14H19NO. The number of rotatable bonds is 2. The molecule has 2 saturated heterocycles. The molecule has 0 aromatic heterocycles. The normalized spacial score (nSPS) is 32.7. The van der Waals surface area contributed by atoms with E-state index in [0.717, 1.165) is 5.75 Å². The second kappa shape index (κ2) is 4.10. The van der Waals surface area contributed by atoms with Crippen molar-refractivity contribution in [3.63, 3.8) is 0 Å². The summed E-state index contributed by atoms with van der Waals surface area (Å²) in [7, 11) is 0. The Morgan fingerprint density at radius 1 is 1.19 bits per heavy atom. The molecule has 3 rings (SSSR count). The van der Waals surface area contributed by atoms with Crippen LogP contribution in [0.25, 0.3) is 0 Å². The van der Waals surface area contributed by atoms with Gasteiger partial charge in [-0.1, -0.05) is 12.1 Å². The molecule has 86 valence electrons. The van der Waals surface area contributed by atoms with E-state index in [4.69, 9.17) is 4.74 Å². The number of ether oxygens (including phenoxy) is 1. The molecule has 3 atom stereocenters. The zero-order valence-electron chi connectivity index (χ0n) is 9.78. The zero-order chi connectivity index (χ0) is 11.0. The number of hydrogen-bond donors (Lipinski definition) is 1. The van der Waals surface area contributed by atoms with Crippen LogP contribution in [0.5, 0.6) is 5.75 Å². The molecule has 1 aromatic carbocycles. The van der Waals surface area contributed by atoms with Crippen LogP contribution in [0.3, 0.4) is 0 Å². The summed E-state index contributed by atoms with van der Waals surface area (Å²) in [5, 5.41) is 3.64. The summed E-state index contributed by atoms with van der Waals surface area (Å²) in [6.07, 6.45) is 5.42. The number of nitrogens with one attached hydrogen (secondary N) is 1. The Labute approximate surface area is 97.0 Å². The van der Waals surface area contributed by atoms with E-state index in [1.54, 1.807) is 0 Å². The molecule has 2 heterocycles. The van der Waals surface area contributed by atoms with E-state index in [1.807, 2.05) is 0 Å². The molecule has 1 aromatic rings. The molecular weight excluding hydrogens is 198 g/mol. The van der Waals surface area contributed by atoms with Crippen molar-refractivity contribution in [2.75, 3.05) is 0 Å². The van der Waals surface area contributed by atoms with Gasteiger partial charge >= 0.3 is 0 Å². The molecule has 16 heavy (non-hydrogen) atoms. The van der Waals surface area contributed by atoms with Crippen LogP contribution in [0, 0.1) is 6.92 Å². The molecule has 0 spiro atoms. The standard InChI is InChI=1S/C14H19NO/c1-10-3-2-4-13(7-10)16-14-8-11-5-6-12(9-14)15-11/h2-4,7,11-12,14-15H,5-6,8-9H2,1H3/t11-,12+,14+. The fraction of sp³-hybridized carbons (Fsp3) is 0.571. The molecule has 0 saturated carbocycles. The number of aryl methyl sites for hydroxylation is 1. The predicted octanol–water partition coefficient (Wildman–Crippen LogP) is 2.66. The maximum absolute atomic E-state index is 6.08. The van der Waals surface area contributed by atoms with Gasteiger partial charge in [0.25, 0.3) is 0 Å². The van der Waals surface area contributed by atoms with Gasteiger partial charge in [-0.05, 0) is 50.3 Å². The zero-order valence-corrected chi connectivity index (χ0v) is 9.78. The van der Waals surface area contributed by atoms with Crippen LogP contribution >= 0.6 is 0 Å². The van der Waals surface area contributed by atoms with Gasteiger partial charge in [-0.25, -0.2) is 0 Å². The Kier molecular flexibility index (Phi) is 2.60. The predicted molar refractivity (Wildman–Crippen MR) is 64.8 cm³/mol. The van der Waals surface area contributed by atoms with E-state index >= 15 is 0 Å². The molecule has 0 amide bonds. The Morgan fingerprint density at radius 3 is 2.62 bits per heavy atom. The van der Waals surface area contributed by atoms with Gasteiger partial charge in [-0.15, -0.1) is 0 Å². The Morgan fingerprint density at radius 2 is 1.94 bits per heavy atom. The van der Waals surface area contributed by atoms with Crippen molar-refractivity contribution < 1.29 is 4.74 Å². The molecule has 0 unspecified atom stereocenters. The topological polar surface area (TPSA) is 21.3 Å². The number of piperidine rings is 1. The van der Waals surface area contributed by atoms with Gasteiger partial charge in [-0.3, -0.25) is 0 Å². The Balaban J connectivity index is 1.67. The fourth-order valence-corrected chi connectivity index (χ4v) is 2.98. The summed E-state index contributed by atoms with van der Waals surface area (Å²) in [4.78, 5) is 0. The van der Waals surface area contributed by atoms with E-state index in [0.29, 0.717) is 18.2 Å². The first kappa shape index (κ1) is 10.2. The van der Waals surface area contributed by atoms with E-state index < -0.39 is 0 Å². The largest absolute Gasteiger partial charge is 0.490 e. The minimum Gasteiger partial charge on any atom is -0.490 e. The second-order valence-electron chi connectivity index (χ2n) is 5.17. The monoisotopic (exact) mass is 217 g/mol. The maximum atomic E-state index is 6.08. The Hall–Kier alpha value is -1.02. The van der Waals surface area contributed by atoms with Gasteiger partial charge in [0.2, 0.25) is 0 Å². The third-order valence-corrected chi connectivity index (χ3v) is 3.72. The molecule has 2 heteroatoms. The lowest BCUT2D eigenvalue weighted by atomic mass is 10.0. The van der Waals surface area contributed by atoms with Crippen LogP contribution in [0.4, 0.5) is 0 Å². The van der Waals surface area contributed by atoms with E-state index in [9.17, 15) is 0 Å². The molecule has 2 fully saturated rings. The third kappa shape index (κ3) is 2.07. The summed E-state index contributed by atoms with van der Waals surface area (Å²) >= 11 is 0. The highest BCUT2D eigenvalue weighted by Crippen LogP contribution is 2.29. The molecule has 1 N–H and O–H groups in total. The fourth-order valence-electron chi connectivity index (χ4n) is 2.98. The average molecular weight is 217 g/mol. The van der Waals surface area contributed by atoms with Crippen molar-refractivity contribution in [3.05, 3.63) is 29.8 Å². The first-order valence-electron chi connectivity index (χ1n) is 6.29. The van der Waals surface area contributed by atoms with E-state index in [1.165, 1.54) is 31.2 Å². The minimum absolute atomic E-state index is 0.417. The van der Waals surface area contributed by atoms with Crippen LogP contribution in [-0.2, 0) is 0 Å². The lowest BCUT2D eigenvalue weighted by Crippen LogP contribution is -2.42. The molecule has 2 nitrogen and oxygen atoms in total. The second-order valence-corrected chi connectivity index (χ2v) is 5.17. The summed E-state index contributed by atoms with van der Waals surface area (Å²) in [5.41, 5.74) is 1.27. The van der Waals surface area contributed by atoms with Gasteiger partial charge in [0.05, 0.1) is 0 Å². The van der Waals surface area contributed by atoms with Crippen molar-refractivity contribution in [1.29, 1.82) is 0 Å². The van der Waals surface area contributed by atoms with Crippen molar-refractivity contribution >= 4 is 0 Å². The SMILES string of the molecule is Cc1cccc(O[C@H]2C[C@H]3CC[C@@H](C2)N3)c1. The first-order chi connectivity index (χ1) is 7.79. The number of benzene rings is 1. The highest BCUT2D eigenvalue weighted by molar-refractivity contribution is 5.27. The average Bonchev–Trinajstić information content (AvgIpc) is 2.58. The highest BCUT2D eigenvalue weighted by atomic mass is 16.5. The van der Waals surface area contributed by atoms with Crippen molar-refractivity contribution in [1.82, 2.24) is 5.32 Å². The van der Waals surface area contributed by atoms with Crippen LogP contribution in [0.1, 0.15) is 31.2 Å². The van der Waals surface area contributed by atoms with Crippen LogP contribution in [0.15, 0.2) is 24.3 Å². The number of hydrogen-bond acceptors (Lipinski definition) is 2. The van der Waals surface area contributed by atoms with Crippen LogP contribution in [-0.4, -0.2) is 18.2 Å². The van der Waals surface area contributed by atoms with Crippen molar-refractivity contribution in [3.8, 4) is 5.75 Å². The van der Waals surface area contributed by atoms with Gasteiger partial charge in [0.1, 0.15) is 11.9 Å². The molecule has 0 radical (unpaired) electrons. The van der Waals surface area contributed by atoms with Crippen molar-refractivity contribution in [2.45, 2.75) is 50.8 Å². The smallest absolute Gasteiger partial charge is 0.119 e. The third-order valence-electron chi connectivity index (χ3n) is 3.72. The Bertz CT molecular complexity index is 365. The summed E-state index contributed by atoms with van der Waals surface area (Å²) in [5.74, 6) is 1.03. The van der Waals surface area contributed by atoms with Gasteiger partial charge in [-0.2, -0.15) is 0 Å². The lowest BCUT2D eigenvalue weighted by molar-refractivity contribution is 0.137. The lowest BCUT2D eigenvalue weighted by Gasteiger charge is -2.29. The van der Waals surface area contributed by atoms with E-state index in [2.05, 4.69) is 36.5 Å². The van der Waals surface area contributed by atoms with E-state index in [-0.39, 0.29) is 0 Å². The molecule has 2 aliphatic heterocycles. The summed E-state index contributed by atoms with van der Waals surface area (Å²) < 4.78 is 6.08. The minimum atomic E-state index is 0.417. The summed E-state index contributed by atoms with van der Waals surface area (Å²) in [6.45, 7) is 2.11. The maximum Gasteiger partial charge on any atom is 0.119 e. The molecule has 0 aliphatic carbocycles. The van der Waals surface area contributed by atoms with Crippen LogP contribution < -0.4 is 10.1 Å². The van der Waals surface area contributed by atoms with Gasteiger partial charge < -0.3 is 10.1 Å². The first-order valence-corrected chi connectivity index (χ1v) is 6.29.